The second kappa shape index (κ2) is 4.75. The van der Waals surface area contributed by atoms with Crippen molar-refractivity contribution in [1.82, 2.24) is 15.0 Å². The normalized spacial score (nSPS) is 10.8. The smallest absolute Gasteiger partial charge is 0.133 e. The average molecular weight is 245 g/mol. The van der Waals surface area contributed by atoms with E-state index in [-0.39, 0.29) is 0 Å². The zero-order valence-electron chi connectivity index (χ0n) is 10.2. The van der Waals surface area contributed by atoms with Crippen LogP contribution in [0.2, 0.25) is 0 Å². The quantitative estimate of drug-likeness (QED) is 0.821. The third-order valence-electron chi connectivity index (χ3n) is 2.69. The van der Waals surface area contributed by atoms with Gasteiger partial charge in [-0.2, -0.15) is 0 Å². The second-order valence-electron chi connectivity index (χ2n) is 4.32. The molecule has 0 aliphatic heterocycles. The van der Waals surface area contributed by atoms with E-state index in [9.17, 15) is 0 Å². The summed E-state index contributed by atoms with van der Waals surface area (Å²) in [5, 5.41) is 0. The fraction of sp³-hybridized carbons (Fsp3) is 0.308. The van der Waals surface area contributed by atoms with Gasteiger partial charge in [0, 0.05) is 29.4 Å². The molecule has 2 aromatic rings. The first-order valence-corrected chi connectivity index (χ1v) is 6.01. The molecule has 88 valence electrons. The van der Waals surface area contributed by atoms with Crippen LogP contribution in [0.4, 0.5) is 0 Å². The molecular formula is C13H15N3S. The van der Waals surface area contributed by atoms with Gasteiger partial charge in [0.2, 0.25) is 0 Å². The number of hydrogen-bond acceptors (Lipinski definition) is 3. The van der Waals surface area contributed by atoms with Crippen molar-refractivity contribution < 1.29 is 0 Å². The molecule has 0 bridgehead atoms. The van der Waals surface area contributed by atoms with Crippen molar-refractivity contribution in [3.63, 3.8) is 0 Å². The van der Waals surface area contributed by atoms with Crippen LogP contribution in [0.5, 0.6) is 0 Å². The number of nitrogens with zero attached hydrogens (tertiary/aromatic N) is 2. The molecule has 2 aromatic heterocycles. The Balaban J connectivity index is 2.65. The summed E-state index contributed by atoms with van der Waals surface area (Å²) < 4.78 is 0.666. The first-order chi connectivity index (χ1) is 8.09. The van der Waals surface area contributed by atoms with Crippen LogP contribution in [0.15, 0.2) is 24.5 Å². The standard InChI is InChI=1S/C13H15N3S/c1-8(2)12-15-11(9(3)13(17)16-12)10-4-6-14-7-5-10/h4-8H,1-3H3,(H,15,16,17). The molecule has 17 heavy (non-hydrogen) atoms. The monoisotopic (exact) mass is 245 g/mol. The minimum Gasteiger partial charge on any atom is -0.343 e. The maximum atomic E-state index is 5.30. The number of pyridine rings is 1. The Morgan fingerprint density at radius 2 is 1.88 bits per heavy atom. The molecule has 0 unspecified atom stereocenters. The third kappa shape index (κ3) is 2.42. The highest BCUT2D eigenvalue weighted by Crippen LogP contribution is 2.22. The van der Waals surface area contributed by atoms with Crippen molar-refractivity contribution in [2.75, 3.05) is 0 Å². The van der Waals surface area contributed by atoms with Gasteiger partial charge in [-0.15, -0.1) is 0 Å². The Morgan fingerprint density at radius 1 is 1.24 bits per heavy atom. The molecule has 0 saturated carbocycles. The van der Waals surface area contributed by atoms with Crippen LogP contribution >= 0.6 is 12.2 Å². The maximum Gasteiger partial charge on any atom is 0.133 e. The zero-order chi connectivity index (χ0) is 12.4. The van der Waals surface area contributed by atoms with Crippen molar-refractivity contribution in [3.8, 4) is 11.3 Å². The molecule has 0 amide bonds. The van der Waals surface area contributed by atoms with Crippen LogP contribution in [0.1, 0.15) is 31.2 Å². The summed E-state index contributed by atoms with van der Waals surface area (Å²) >= 11 is 5.30. The minimum atomic E-state index is 0.331. The van der Waals surface area contributed by atoms with E-state index in [1.165, 1.54) is 0 Å². The fourth-order valence-corrected chi connectivity index (χ4v) is 1.83. The van der Waals surface area contributed by atoms with Crippen LogP contribution in [0.25, 0.3) is 11.3 Å². The number of H-pyrrole nitrogens is 1. The number of aromatic nitrogens is 3. The van der Waals surface area contributed by atoms with Gasteiger partial charge in [0.25, 0.3) is 0 Å². The Morgan fingerprint density at radius 3 is 2.47 bits per heavy atom. The Bertz CT molecular complexity index is 573. The Hall–Kier alpha value is -1.55. The largest absolute Gasteiger partial charge is 0.343 e. The van der Waals surface area contributed by atoms with Crippen LogP contribution in [-0.2, 0) is 0 Å². The predicted octanol–water partition coefficient (Wildman–Crippen LogP) is 3.63. The van der Waals surface area contributed by atoms with Gasteiger partial charge in [0.1, 0.15) is 10.5 Å². The van der Waals surface area contributed by atoms with Gasteiger partial charge in [0.15, 0.2) is 0 Å². The van der Waals surface area contributed by atoms with Gasteiger partial charge < -0.3 is 4.98 Å². The van der Waals surface area contributed by atoms with Crippen molar-refractivity contribution >= 4 is 12.2 Å². The van der Waals surface area contributed by atoms with Gasteiger partial charge >= 0.3 is 0 Å². The SMILES string of the molecule is Cc1c(-c2ccncc2)[nH]c(C(C)C)nc1=S. The van der Waals surface area contributed by atoms with E-state index in [2.05, 4.69) is 28.8 Å². The molecule has 0 atom stereocenters. The molecule has 4 heteroatoms. The van der Waals surface area contributed by atoms with E-state index in [0.29, 0.717) is 10.6 Å². The third-order valence-corrected chi connectivity index (χ3v) is 3.08. The number of rotatable bonds is 2. The average Bonchev–Trinajstić information content (AvgIpc) is 2.33. The first kappa shape index (κ1) is 11.9. The van der Waals surface area contributed by atoms with E-state index >= 15 is 0 Å². The molecule has 1 N–H and O–H groups in total. The molecule has 0 radical (unpaired) electrons. The molecule has 0 aliphatic rings. The van der Waals surface area contributed by atoms with Crippen LogP contribution in [0, 0.1) is 11.6 Å². The summed E-state index contributed by atoms with van der Waals surface area (Å²) in [4.78, 5) is 11.8. The zero-order valence-corrected chi connectivity index (χ0v) is 11.0. The molecule has 0 fully saturated rings. The summed E-state index contributed by atoms with van der Waals surface area (Å²) in [6, 6.07) is 3.94. The number of hydrogen-bond donors (Lipinski definition) is 1. The summed E-state index contributed by atoms with van der Waals surface area (Å²) in [5.74, 6) is 1.25. The summed E-state index contributed by atoms with van der Waals surface area (Å²) in [6.45, 7) is 6.18. The predicted molar refractivity (Wildman–Crippen MR) is 71.5 cm³/mol. The van der Waals surface area contributed by atoms with Gasteiger partial charge in [-0.1, -0.05) is 26.1 Å². The highest BCUT2D eigenvalue weighted by atomic mass is 32.1. The Labute approximate surface area is 106 Å². The van der Waals surface area contributed by atoms with Gasteiger partial charge in [-0.25, -0.2) is 4.98 Å². The molecule has 0 spiro atoms. The lowest BCUT2D eigenvalue weighted by molar-refractivity contribution is 0.770. The maximum absolute atomic E-state index is 5.30. The van der Waals surface area contributed by atoms with Crippen molar-refractivity contribution in [3.05, 3.63) is 40.6 Å². The number of aromatic amines is 1. The van der Waals surface area contributed by atoms with E-state index < -0.39 is 0 Å². The molecule has 2 rings (SSSR count). The lowest BCUT2D eigenvalue weighted by atomic mass is 10.1. The van der Waals surface area contributed by atoms with E-state index in [4.69, 9.17) is 12.2 Å². The fourth-order valence-electron chi connectivity index (χ4n) is 1.63. The topological polar surface area (TPSA) is 41.6 Å². The molecule has 3 nitrogen and oxygen atoms in total. The van der Waals surface area contributed by atoms with Crippen molar-refractivity contribution in [2.24, 2.45) is 0 Å². The molecule has 0 saturated heterocycles. The van der Waals surface area contributed by atoms with Gasteiger partial charge in [-0.05, 0) is 19.1 Å². The highest BCUT2D eigenvalue weighted by molar-refractivity contribution is 7.71. The van der Waals surface area contributed by atoms with E-state index in [0.717, 1.165) is 22.6 Å². The van der Waals surface area contributed by atoms with Crippen LogP contribution in [0.3, 0.4) is 0 Å². The minimum absolute atomic E-state index is 0.331. The number of nitrogens with one attached hydrogen (secondary N) is 1. The summed E-state index contributed by atoms with van der Waals surface area (Å²) in [6.07, 6.45) is 3.56. The molecule has 2 heterocycles. The summed E-state index contributed by atoms with van der Waals surface area (Å²) in [7, 11) is 0. The van der Waals surface area contributed by atoms with Crippen molar-refractivity contribution in [1.29, 1.82) is 0 Å². The first-order valence-electron chi connectivity index (χ1n) is 5.61. The van der Waals surface area contributed by atoms with Gasteiger partial charge in [-0.3, -0.25) is 4.98 Å². The lowest BCUT2D eigenvalue weighted by Crippen LogP contribution is -2.02. The van der Waals surface area contributed by atoms with Crippen molar-refractivity contribution in [2.45, 2.75) is 26.7 Å². The molecular weight excluding hydrogens is 230 g/mol. The molecule has 0 aromatic carbocycles. The Kier molecular flexibility index (Phi) is 3.33. The van der Waals surface area contributed by atoms with Crippen LogP contribution < -0.4 is 0 Å². The van der Waals surface area contributed by atoms with E-state index in [1.807, 2.05) is 19.1 Å². The van der Waals surface area contributed by atoms with Gasteiger partial charge in [0.05, 0.1) is 5.69 Å². The lowest BCUT2D eigenvalue weighted by Gasteiger charge is -2.11. The van der Waals surface area contributed by atoms with Crippen LogP contribution in [-0.4, -0.2) is 15.0 Å². The van der Waals surface area contributed by atoms with E-state index in [1.54, 1.807) is 12.4 Å². The molecule has 0 aliphatic carbocycles. The second-order valence-corrected chi connectivity index (χ2v) is 4.70. The highest BCUT2D eigenvalue weighted by Gasteiger charge is 2.09. The summed E-state index contributed by atoms with van der Waals surface area (Å²) in [5.41, 5.74) is 3.14.